The number of aliphatic hydroxyl groups excluding tert-OH is 1. The molecule has 0 saturated heterocycles. The molecular weight excluding hydrogens is 688 g/mol. The summed E-state index contributed by atoms with van der Waals surface area (Å²) in [5, 5.41) is 8.60. The highest BCUT2D eigenvalue weighted by Gasteiger charge is 2.11. The molecule has 0 aromatic heterocycles. The molecule has 0 spiro atoms. The van der Waals surface area contributed by atoms with E-state index in [1.165, 1.54) is 40.2 Å². The van der Waals surface area contributed by atoms with E-state index in [0.29, 0.717) is 28.2 Å². The number of hydrogen-bond acceptors (Lipinski definition) is 12. The van der Waals surface area contributed by atoms with Crippen LogP contribution in [0.3, 0.4) is 0 Å². The number of ether oxygens (including phenoxy) is 6. The number of rotatable bonds is 14. The zero-order chi connectivity index (χ0) is 39.6. The van der Waals surface area contributed by atoms with Crippen molar-refractivity contribution in [3.8, 4) is 11.5 Å². The molecule has 2 rings (SSSR count). The molecule has 0 fully saturated rings. The van der Waals surface area contributed by atoms with Crippen LogP contribution in [0.25, 0.3) is 21.8 Å². The van der Waals surface area contributed by atoms with Gasteiger partial charge in [-0.05, 0) is 68.3 Å². The second-order valence-corrected chi connectivity index (χ2v) is 9.98. The van der Waals surface area contributed by atoms with E-state index in [2.05, 4.69) is 43.6 Å². The number of hydrogen-bond donors (Lipinski definition) is 1. The van der Waals surface area contributed by atoms with Crippen molar-refractivity contribution in [2.24, 2.45) is 0 Å². The van der Waals surface area contributed by atoms with Gasteiger partial charge in [0.2, 0.25) is 0 Å². The Morgan fingerprint density at radius 3 is 1.28 bits per heavy atom. The molecule has 0 saturated carbocycles. The van der Waals surface area contributed by atoms with Crippen LogP contribution in [0.4, 0.5) is 0 Å². The van der Waals surface area contributed by atoms with Gasteiger partial charge in [0, 0.05) is 16.7 Å². The highest BCUT2D eigenvalue weighted by Crippen LogP contribution is 2.17. The Balaban J connectivity index is 0. The third-order valence-corrected chi connectivity index (χ3v) is 5.57. The first kappa shape index (κ1) is 48.3. The molecule has 0 heterocycles. The monoisotopic (exact) mass is 732 g/mol. The number of esters is 5. The summed E-state index contributed by atoms with van der Waals surface area (Å²) in [7, 11) is 2.45. The maximum atomic E-state index is 11.3. The number of methoxy groups -OCH3 is 2. The van der Waals surface area contributed by atoms with Gasteiger partial charge in [-0.25, -0.2) is 24.1 Å². The van der Waals surface area contributed by atoms with Crippen LogP contribution >= 0.6 is 0 Å². The Labute approximate surface area is 309 Å². The molecule has 53 heavy (non-hydrogen) atoms. The van der Waals surface area contributed by atoms with Crippen LogP contribution in [0.1, 0.15) is 39.3 Å². The fourth-order valence-electron chi connectivity index (χ4n) is 2.96. The molecule has 0 aliphatic heterocycles. The summed E-state index contributed by atoms with van der Waals surface area (Å²) in [5.41, 5.74) is 1.90. The molecule has 2 aromatic carbocycles. The average Bonchev–Trinajstić information content (AvgIpc) is 3.14. The topological polar surface area (TPSA) is 170 Å². The summed E-state index contributed by atoms with van der Waals surface area (Å²) in [4.78, 5) is 61.2. The van der Waals surface area contributed by atoms with Crippen LogP contribution in [-0.4, -0.2) is 75.6 Å². The highest BCUT2D eigenvalue weighted by atomic mass is 16.6. The standard InChI is InChI=1S/C17H17NO5.C13H13NO4.C8H10O3.CH4/c1-12(2)16(19)23-10-9-22-14-7-5-13(6-8-14)11-15(18-3)17(20)21-4;1-14-12(13(16)17-2)9-10-3-5-11(6-4-10)18-8-7-15;1-5(2)7(9)11-8(10)6(3)4;/h5-8,11H,1,9-10H2,2,4H3;3-6,9,15H,7-8H2,2H3;1,3H2,2,4H3;1H4/b15-11-;12-9-;;. The molecule has 1 N–H and O–H groups in total. The maximum Gasteiger partial charge on any atom is 0.340 e. The molecule has 282 valence electrons. The summed E-state index contributed by atoms with van der Waals surface area (Å²) in [6.07, 6.45) is 2.87. The highest BCUT2D eigenvalue weighted by molar-refractivity contribution is 6.00. The second kappa shape index (κ2) is 27.0. The van der Waals surface area contributed by atoms with Crippen molar-refractivity contribution in [3.05, 3.63) is 130 Å². The lowest BCUT2D eigenvalue weighted by Crippen LogP contribution is -2.12. The van der Waals surface area contributed by atoms with Crippen molar-refractivity contribution in [2.75, 3.05) is 40.6 Å². The number of carbonyl (C=O) groups is 5. The first-order valence-corrected chi connectivity index (χ1v) is 15.0. The predicted molar refractivity (Wildman–Crippen MR) is 197 cm³/mol. The van der Waals surface area contributed by atoms with E-state index in [9.17, 15) is 24.0 Å². The fraction of sp³-hybridized carbons (Fsp3) is 0.256. The first-order valence-electron chi connectivity index (χ1n) is 15.0. The normalized spacial score (nSPS) is 9.89. The molecule has 0 bridgehead atoms. The predicted octanol–water partition coefficient (Wildman–Crippen LogP) is 5.95. The van der Waals surface area contributed by atoms with Gasteiger partial charge in [-0.15, -0.1) is 0 Å². The number of nitrogens with zero attached hydrogens (tertiary/aromatic N) is 2. The van der Waals surface area contributed by atoms with E-state index in [1.807, 2.05) is 0 Å². The SMILES string of the molecule is C.C=C(C)C(=O)OC(=O)C(=C)C.[C-]#[N+]/C(=C\c1ccc(OCCO)cc1)C(=O)OC.[C-]#[N+]/C(=C\c1ccc(OCCOC(=O)C(=C)C)cc1)C(=O)OC. The summed E-state index contributed by atoms with van der Waals surface area (Å²) in [5.74, 6) is -2.02. The zero-order valence-corrected chi connectivity index (χ0v) is 29.6. The van der Waals surface area contributed by atoms with Gasteiger partial charge in [0.05, 0.1) is 34.0 Å². The molecule has 0 unspecified atom stereocenters. The zero-order valence-electron chi connectivity index (χ0n) is 29.6. The third-order valence-electron chi connectivity index (χ3n) is 5.57. The van der Waals surface area contributed by atoms with Gasteiger partial charge < -0.3 is 33.5 Å². The Kier molecular flexibility index (Phi) is 24.6. The lowest BCUT2D eigenvalue weighted by atomic mass is 10.2. The quantitative estimate of drug-likeness (QED) is 0.0606. The molecule has 14 heteroatoms. The third kappa shape index (κ3) is 20.5. The first-order chi connectivity index (χ1) is 24.6. The minimum absolute atomic E-state index is 0. The summed E-state index contributed by atoms with van der Waals surface area (Å²) >= 11 is 0. The minimum Gasteiger partial charge on any atom is -0.491 e. The molecule has 2 aromatic rings. The summed E-state index contributed by atoms with van der Waals surface area (Å²) in [6, 6.07) is 13.6. The van der Waals surface area contributed by atoms with E-state index in [0.717, 1.165) is 0 Å². The number of benzene rings is 2. The van der Waals surface area contributed by atoms with Gasteiger partial charge in [0.15, 0.2) is 0 Å². The van der Waals surface area contributed by atoms with Gasteiger partial charge in [0.25, 0.3) is 11.4 Å². The van der Waals surface area contributed by atoms with Crippen LogP contribution in [0.15, 0.2) is 96.4 Å². The number of carbonyl (C=O) groups excluding carboxylic acids is 5. The molecule has 0 aliphatic rings. The van der Waals surface area contributed by atoms with E-state index < -0.39 is 29.8 Å². The van der Waals surface area contributed by atoms with Crippen molar-refractivity contribution in [3.63, 3.8) is 0 Å². The van der Waals surface area contributed by atoms with Crippen LogP contribution in [0.5, 0.6) is 11.5 Å². The van der Waals surface area contributed by atoms with Crippen LogP contribution < -0.4 is 9.47 Å². The molecule has 0 radical (unpaired) electrons. The lowest BCUT2D eigenvalue weighted by Gasteiger charge is -2.07. The summed E-state index contributed by atoms with van der Waals surface area (Å²) in [6.45, 7) is 28.9. The molecule has 14 nitrogen and oxygen atoms in total. The van der Waals surface area contributed by atoms with Crippen LogP contribution in [0, 0.1) is 13.1 Å². The van der Waals surface area contributed by atoms with Crippen molar-refractivity contribution >= 4 is 42.0 Å². The Hall–Kier alpha value is -6.77. The average molecular weight is 733 g/mol. The summed E-state index contributed by atoms with van der Waals surface area (Å²) < 4.78 is 28.8. The largest absolute Gasteiger partial charge is 0.491 e. The van der Waals surface area contributed by atoms with Gasteiger partial charge in [0.1, 0.15) is 31.3 Å². The van der Waals surface area contributed by atoms with E-state index in [-0.39, 0.29) is 56.4 Å². The maximum absolute atomic E-state index is 11.3. The number of aliphatic hydroxyl groups is 1. The van der Waals surface area contributed by atoms with Gasteiger partial charge in [-0.3, -0.25) is 9.59 Å². The van der Waals surface area contributed by atoms with E-state index in [4.69, 9.17) is 32.5 Å². The van der Waals surface area contributed by atoms with Crippen molar-refractivity contribution in [1.82, 2.24) is 0 Å². The van der Waals surface area contributed by atoms with Crippen molar-refractivity contribution in [2.45, 2.75) is 28.2 Å². The van der Waals surface area contributed by atoms with Crippen molar-refractivity contribution in [1.29, 1.82) is 0 Å². The molecule has 0 amide bonds. The Bertz CT molecular complexity index is 1720. The molecule has 0 aliphatic carbocycles. The Morgan fingerprint density at radius 2 is 0.981 bits per heavy atom. The smallest absolute Gasteiger partial charge is 0.340 e. The van der Waals surface area contributed by atoms with Crippen LogP contribution in [0.2, 0.25) is 0 Å². The second-order valence-electron chi connectivity index (χ2n) is 9.98. The van der Waals surface area contributed by atoms with Crippen molar-refractivity contribution < 1.29 is 57.5 Å². The van der Waals surface area contributed by atoms with Gasteiger partial charge in [-0.2, -0.15) is 0 Å². The van der Waals surface area contributed by atoms with Gasteiger partial charge in [-0.1, -0.05) is 51.4 Å². The fourth-order valence-corrected chi connectivity index (χ4v) is 2.96. The van der Waals surface area contributed by atoms with E-state index >= 15 is 0 Å². The van der Waals surface area contributed by atoms with Crippen LogP contribution in [-0.2, 0) is 42.9 Å². The minimum atomic E-state index is -0.710. The lowest BCUT2D eigenvalue weighted by molar-refractivity contribution is -0.154. The Morgan fingerprint density at radius 1 is 0.623 bits per heavy atom. The van der Waals surface area contributed by atoms with E-state index in [1.54, 1.807) is 55.5 Å². The molecular formula is C39H44N2O12. The molecule has 0 atom stereocenters. The van der Waals surface area contributed by atoms with Gasteiger partial charge >= 0.3 is 29.8 Å².